The van der Waals surface area contributed by atoms with Gasteiger partial charge in [-0.2, -0.15) is 0 Å². The molecule has 3 rings (SSSR count). The Bertz CT molecular complexity index is 793. The van der Waals surface area contributed by atoms with Crippen LogP contribution in [0.5, 0.6) is 0 Å². The quantitative estimate of drug-likeness (QED) is 0.724. The topological polar surface area (TPSA) is 53.1 Å². The minimum Gasteiger partial charge on any atom is -0.481 e. The van der Waals surface area contributed by atoms with Crippen molar-refractivity contribution in [1.29, 1.82) is 0 Å². The smallest absolute Gasteiger partial charge is 0.307 e. The Labute approximate surface area is 128 Å². The van der Waals surface area contributed by atoms with Gasteiger partial charge in [-0.15, -0.1) is 11.3 Å². The Balaban J connectivity index is 2.33. The molecule has 0 spiro atoms. The van der Waals surface area contributed by atoms with Crippen LogP contribution in [0.2, 0.25) is 10.0 Å². The first-order valence-corrected chi connectivity index (χ1v) is 7.45. The Hall–Kier alpha value is -1.49. The highest BCUT2D eigenvalue weighted by Crippen LogP contribution is 2.37. The largest absolute Gasteiger partial charge is 0.481 e. The summed E-state index contributed by atoms with van der Waals surface area (Å²) in [6, 6.07) is 7.25. The van der Waals surface area contributed by atoms with Crippen molar-refractivity contribution in [2.24, 2.45) is 0 Å². The lowest BCUT2D eigenvalue weighted by molar-refractivity contribution is -0.136. The highest BCUT2D eigenvalue weighted by Gasteiger charge is 2.18. The maximum absolute atomic E-state index is 11.1. The molecular weight excluding hydrogens is 317 g/mol. The number of H-pyrrole nitrogens is 1. The second-order valence-electron chi connectivity index (χ2n) is 4.34. The lowest BCUT2D eigenvalue weighted by Crippen LogP contribution is -2.00. The van der Waals surface area contributed by atoms with E-state index in [2.05, 4.69) is 4.98 Å². The van der Waals surface area contributed by atoms with Crippen molar-refractivity contribution in [2.45, 2.75) is 6.42 Å². The molecule has 0 amide bonds. The minimum atomic E-state index is -0.889. The third-order valence-electron chi connectivity index (χ3n) is 3.03. The minimum absolute atomic E-state index is 0.0795. The SMILES string of the molecule is O=C(O)Cc1c(-c2cccs2)[nH]c2c(Cl)cc(Cl)cc12. The molecule has 6 heteroatoms. The lowest BCUT2D eigenvalue weighted by atomic mass is 10.1. The number of nitrogens with one attached hydrogen (secondary N) is 1. The van der Waals surface area contributed by atoms with Crippen molar-refractivity contribution < 1.29 is 9.90 Å². The number of carbonyl (C=O) groups is 1. The second kappa shape index (κ2) is 5.13. The van der Waals surface area contributed by atoms with Crippen molar-refractivity contribution in [3.05, 3.63) is 45.3 Å². The van der Waals surface area contributed by atoms with Crippen molar-refractivity contribution in [3.63, 3.8) is 0 Å². The number of aliphatic carboxylic acids is 1. The van der Waals surface area contributed by atoms with Crippen LogP contribution in [0.1, 0.15) is 5.56 Å². The third kappa shape index (κ3) is 2.30. The molecule has 0 aliphatic carbocycles. The molecule has 2 aromatic heterocycles. The first-order valence-electron chi connectivity index (χ1n) is 5.81. The van der Waals surface area contributed by atoms with E-state index >= 15 is 0 Å². The van der Waals surface area contributed by atoms with E-state index in [4.69, 9.17) is 28.3 Å². The molecule has 0 saturated carbocycles. The molecule has 0 fully saturated rings. The van der Waals surface area contributed by atoms with Gasteiger partial charge in [0.1, 0.15) is 0 Å². The molecule has 0 aliphatic heterocycles. The van der Waals surface area contributed by atoms with E-state index < -0.39 is 5.97 Å². The second-order valence-corrected chi connectivity index (χ2v) is 6.13. The van der Waals surface area contributed by atoms with Crippen LogP contribution >= 0.6 is 34.5 Å². The summed E-state index contributed by atoms with van der Waals surface area (Å²) in [5.74, 6) is -0.889. The first kappa shape index (κ1) is 13.5. The molecule has 0 radical (unpaired) electrons. The van der Waals surface area contributed by atoms with Crippen LogP contribution in [0.3, 0.4) is 0 Å². The molecule has 1 aromatic carbocycles. The summed E-state index contributed by atoms with van der Waals surface area (Å²) in [5, 5.41) is 12.8. The summed E-state index contributed by atoms with van der Waals surface area (Å²) in [5.41, 5.74) is 2.22. The molecular formula is C14H9Cl2NO2S. The number of aromatic nitrogens is 1. The Morgan fingerprint density at radius 3 is 2.80 bits per heavy atom. The summed E-state index contributed by atoms with van der Waals surface area (Å²) in [7, 11) is 0. The van der Waals surface area contributed by atoms with Gasteiger partial charge in [0.15, 0.2) is 0 Å². The molecule has 0 bridgehead atoms. The van der Waals surface area contributed by atoms with Crippen LogP contribution in [0.15, 0.2) is 29.6 Å². The van der Waals surface area contributed by atoms with Crippen LogP contribution in [-0.2, 0) is 11.2 Å². The van der Waals surface area contributed by atoms with E-state index in [0.717, 1.165) is 21.5 Å². The number of hydrogen-bond donors (Lipinski definition) is 2. The molecule has 3 aromatic rings. The van der Waals surface area contributed by atoms with Gasteiger partial charge in [-0.3, -0.25) is 4.79 Å². The van der Waals surface area contributed by atoms with Crippen molar-refractivity contribution in [2.75, 3.05) is 0 Å². The zero-order valence-corrected chi connectivity index (χ0v) is 12.4. The number of aromatic amines is 1. The van der Waals surface area contributed by atoms with E-state index in [1.807, 2.05) is 17.5 Å². The summed E-state index contributed by atoms with van der Waals surface area (Å²) in [4.78, 5) is 15.3. The normalized spacial score (nSPS) is 11.1. The number of fused-ring (bicyclic) bond motifs is 1. The van der Waals surface area contributed by atoms with Crippen LogP contribution in [0, 0.1) is 0 Å². The number of carboxylic acid groups (broad SMARTS) is 1. The molecule has 0 saturated heterocycles. The average Bonchev–Trinajstić information content (AvgIpc) is 2.97. The molecule has 2 heterocycles. The van der Waals surface area contributed by atoms with Gasteiger partial charge in [0, 0.05) is 10.4 Å². The molecule has 0 aliphatic rings. The van der Waals surface area contributed by atoms with Crippen LogP contribution in [-0.4, -0.2) is 16.1 Å². The molecule has 0 unspecified atom stereocenters. The van der Waals surface area contributed by atoms with Gasteiger partial charge in [0.2, 0.25) is 0 Å². The standard InChI is InChI=1S/C14H9Cl2NO2S/c15-7-4-8-9(6-12(18)19)14(11-2-1-3-20-11)17-13(8)10(16)5-7/h1-5,17H,6H2,(H,18,19). The first-order chi connectivity index (χ1) is 9.56. The lowest BCUT2D eigenvalue weighted by Gasteiger charge is -2.00. The zero-order chi connectivity index (χ0) is 14.3. The Kier molecular flexibility index (Phi) is 3.46. The summed E-state index contributed by atoms with van der Waals surface area (Å²) in [6.45, 7) is 0. The average molecular weight is 326 g/mol. The summed E-state index contributed by atoms with van der Waals surface area (Å²) in [6.07, 6.45) is -0.0795. The van der Waals surface area contributed by atoms with Crippen molar-refractivity contribution in [1.82, 2.24) is 4.98 Å². The van der Waals surface area contributed by atoms with E-state index in [1.54, 1.807) is 23.5 Å². The number of carboxylic acids is 1. The van der Waals surface area contributed by atoms with E-state index in [9.17, 15) is 4.79 Å². The maximum Gasteiger partial charge on any atom is 0.307 e. The summed E-state index contributed by atoms with van der Waals surface area (Å²) < 4.78 is 0. The van der Waals surface area contributed by atoms with Gasteiger partial charge >= 0.3 is 5.97 Å². The zero-order valence-electron chi connectivity index (χ0n) is 10.1. The van der Waals surface area contributed by atoms with Crippen LogP contribution < -0.4 is 0 Å². The van der Waals surface area contributed by atoms with Gasteiger partial charge < -0.3 is 10.1 Å². The van der Waals surface area contributed by atoms with Gasteiger partial charge in [-0.05, 0) is 29.1 Å². The van der Waals surface area contributed by atoms with Gasteiger partial charge in [-0.1, -0.05) is 29.3 Å². The fourth-order valence-electron chi connectivity index (χ4n) is 2.24. The number of hydrogen-bond acceptors (Lipinski definition) is 2. The van der Waals surface area contributed by atoms with Gasteiger partial charge in [0.25, 0.3) is 0 Å². The predicted molar refractivity (Wildman–Crippen MR) is 83.0 cm³/mol. The van der Waals surface area contributed by atoms with Gasteiger partial charge in [0.05, 0.1) is 27.5 Å². The molecule has 2 N–H and O–H groups in total. The fourth-order valence-corrected chi connectivity index (χ4v) is 3.53. The Morgan fingerprint density at radius 2 is 2.15 bits per heavy atom. The number of thiophene rings is 1. The van der Waals surface area contributed by atoms with E-state index in [-0.39, 0.29) is 6.42 Å². The molecule has 102 valence electrons. The molecule has 0 atom stereocenters. The number of halogens is 2. The third-order valence-corrected chi connectivity index (χ3v) is 4.43. The van der Waals surface area contributed by atoms with Gasteiger partial charge in [-0.25, -0.2) is 0 Å². The molecule has 20 heavy (non-hydrogen) atoms. The van der Waals surface area contributed by atoms with Crippen LogP contribution in [0.25, 0.3) is 21.5 Å². The Morgan fingerprint density at radius 1 is 1.35 bits per heavy atom. The predicted octanol–water partition coefficient (Wildman–Crippen LogP) is 4.83. The van der Waals surface area contributed by atoms with E-state index in [1.165, 1.54) is 0 Å². The van der Waals surface area contributed by atoms with Crippen LogP contribution in [0.4, 0.5) is 0 Å². The molecule has 3 nitrogen and oxygen atoms in total. The highest BCUT2D eigenvalue weighted by molar-refractivity contribution is 7.13. The van der Waals surface area contributed by atoms with Crippen molar-refractivity contribution >= 4 is 51.4 Å². The highest BCUT2D eigenvalue weighted by atomic mass is 35.5. The number of benzene rings is 1. The fraction of sp³-hybridized carbons (Fsp3) is 0.0714. The van der Waals surface area contributed by atoms with E-state index in [0.29, 0.717) is 15.6 Å². The number of rotatable bonds is 3. The van der Waals surface area contributed by atoms with Crippen molar-refractivity contribution in [3.8, 4) is 10.6 Å². The summed E-state index contributed by atoms with van der Waals surface area (Å²) >= 11 is 13.8. The maximum atomic E-state index is 11.1. The monoisotopic (exact) mass is 325 g/mol.